The third-order valence-electron chi connectivity index (χ3n) is 18.3. The van der Waals surface area contributed by atoms with Crippen LogP contribution < -0.4 is 21.3 Å². The Morgan fingerprint density at radius 3 is 1.33 bits per heavy atom. The fourth-order valence-electron chi connectivity index (χ4n) is 11.8. The lowest BCUT2D eigenvalue weighted by Gasteiger charge is -2.25. The first-order chi connectivity index (χ1) is 55.6. The number of nitrogens with zero attached hydrogens (tertiary/aromatic N) is 12. The van der Waals surface area contributed by atoms with Gasteiger partial charge in [0.25, 0.3) is 20.0 Å². The van der Waals surface area contributed by atoms with Gasteiger partial charge in [0, 0.05) is 102 Å². The Morgan fingerprint density at radius 1 is 0.500 bits per heavy atom. The zero-order chi connectivity index (χ0) is 83.2. The molecule has 1 aliphatic rings. The number of piperidine rings is 1. The SMILES string of the molecule is C#CCCC(CC)S(=O)(=O)c1ccc(-c2ccnc(Nc3ccc(CCO)cc3)n2)s1.C#CCCC(CC)S(=O)(=O)c1ccc(-c2ccnc(Nc3cccc(C(C)C)c3)n2)s1.CC(O)c1cccc(Nc2nccc(-c3ccc(S(=O)(=O)N(C)C)s3)n2)c1.Cn1nccc1Nc1nccc(-c2ccc(S(=O)(=O)N3CCCCC3)s2)n1. The number of thiophene rings is 4. The van der Waals surface area contributed by atoms with Crippen LogP contribution in [0.4, 0.5) is 46.7 Å². The molecule has 10 heterocycles. The van der Waals surface area contributed by atoms with Crippen LogP contribution in [0.2, 0.25) is 0 Å². The molecule has 0 spiro atoms. The number of anilines is 8. The lowest BCUT2D eigenvalue weighted by Crippen LogP contribution is -2.35. The van der Waals surface area contributed by atoms with Crippen LogP contribution in [0.25, 0.3) is 42.3 Å². The summed E-state index contributed by atoms with van der Waals surface area (Å²) < 4.78 is 108. The molecule has 6 N–H and O–H groups in total. The molecule has 26 nitrogen and oxygen atoms in total. The van der Waals surface area contributed by atoms with Gasteiger partial charge in [-0.15, -0.1) is 70.0 Å². The molecule has 9 aromatic heterocycles. The van der Waals surface area contributed by atoms with Gasteiger partial charge in [-0.1, -0.05) is 70.5 Å². The van der Waals surface area contributed by atoms with Gasteiger partial charge in [-0.25, -0.2) is 77.8 Å². The molecule has 1 aliphatic heterocycles. The molecule has 13 rings (SSSR count). The number of benzene rings is 3. The number of aromatic nitrogens is 10. The van der Waals surface area contributed by atoms with Crippen LogP contribution in [0.15, 0.2) is 199 Å². The fraction of sp³-hybridized carbons (Fsp3) is 0.305. The topological polar surface area (TPSA) is 353 Å². The molecular formula is C82H92N16O10S8. The highest BCUT2D eigenvalue weighted by molar-refractivity contribution is 7.94. The third-order valence-corrected chi connectivity index (χ3v) is 33.1. The van der Waals surface area contributed by atoms with Gasteiger partial charge >= 0.3 is 0 Å². The van der Waals surface area contributed by atoms with Gasteiger partial charge in [0.15, 0.2) is 19.7 Å². The smallest absolute Gasteiger partial charge is 0.252 e. The molecule has 12 aromatic rings. The van der Waals surface area contributed by atoms with Crippen molar-refractivity contribution in [2.45, 2.75) is 138 Å². The highest BCUT2D eigenvalue weighted by Gasteiger charge is 2.31. The number of terminal acetylenes is 2. The van der Waals surface area contributed by atoms with E-state index in [4.69, 9.17) is 18.0 Å². The maximum absolute atomic E-state index is 13.0. The van der Waals surface area contributed by atoms with Crippen LogP contribution in [0.5, 0.6) is 0 Å². The van der Waals surface area contributed by atoms with Crippen molar-refractivity contribution in [1.82, 2.24) is 58.3 Å². The maximum atomic E-state index is 13.0. The van der Waals surface area contributed by atoms with Gasteiger partial charge in [-0.3, -0.25) is 4.68 Å². The monoisotopic (exact) mass is 1720 g/mol. The quantitative estimate of drug-likeness (QED) is 0.0228. The molecule has 0 saturated carbocycles. The van der Waals surface area contributed by atoms with E-state index >= 15 is 0 Å². The number of aliphatic hydroxyl groups excluding tert-OH is 2. The van der Waals surface area contributed by atoms with Crippen LogP contribution >= 0.6 is 45.3 Å². The molecule has 0 aliphatic carbocycles. The summed E-state index contributed by atoms with van der Waals surface area (Å²) in [5.41, 5.74) is 8.19. The predicted octanol–water partition coefficient (Wildman–Crippen LogP) is 16.6. The standard InChI is InChI=1S/C24H27N3O2S2.C23H25N3O3S2.C18H20N4O3S2.C17H20N6O2S2/c1-5-7-11-20(6-2)31(28,29)23-13-12-22(30-23)21-14-15-25-24(27-21)26-19-10-8-9-18(16-19)17(3)4;1-3-5-6-19(4-2)31(28,29)22-12-11-21(30-22)20-13-15-24-23(26-20)25-18-9-7-17(8-10-18)14-16-27;1-12(23)13-5-4-6-14(11-13)20-18-19-10-9-15(21-18)16-7-8-17(26-16)27(24,25)22(2)3;1-22-15(8-10-19-22)21-17-18-9-7-13(20-17)14-5-6-16(26-14)27(24,25)23-11-3-2-4-12-23/h1,8-10,12-17,20H,6-7,11H2,2-4H3,(H,25,26,27);1,7-13,15,19,27H,4-6,14,16H2,2H3,(H,24,25,26);4-12,23H,1-3H3,(H,19,20,21);5-10H,2-4,11-12H2,1H3,(H,18,20,21). The maximum Gasteiger partial charge on any atom is 0.252 e. The van der Waals surface area contributed by atoms with Gasteiger partial charge in [0.05, 0.1) is 65.1 Å². The molecule has 1 saturated heterocycles. The molecule has 3 aromatic carbocycles. The van der Waals surface area contributed by atoms with Crippen molar-refractivity contribution in [2.75, 3.05) is 55.1 Å². The molecular weight excluding hydrogens is 1630 g/mol. The lowest BCUT2D eigenvalue weighted by molar-refractivity contribution is 0.199. The summed E-state index contributed by atoms with van der Waals surface area (Å²) in [5.74, 6) is 7.97. The van der Waals surface area contributed by atoms with Crippen molar-refractivity contribution in [3.63, 3.8) is 0 Å². The highest BCUT2D eigenvalue weighted by atomic mass is 32.3. The van der Waals surface area contributed by atoms with Crippen molar-refractivity contribution >= 4 is 132 Å². The second kappa shape index (κ2) is 41.2. The van der Waals surface area contributed by atoms with E-state index in [0.29, 0.717) is 123 Å². The van der Waals surface area contributed by atoms with Gasteiger partial charge < -0.3 is 31.5 Å². The fourth-order valence-corrected chi connectivity index (χ4v) is 23.8. The lowest BCUT2D eigenvalue weighted by atomic mass is 10.0. The number of sulfone groups is 2. The summed E-state index contributed by atoms with van der Waals surface area (Å²) in [6, 6.07) is 45.7. The first kappa shape index (κ1) is 88.3. The molecule has 34 heteroatoms. The van der Waals surface area contributed by atoms with E-state index in [1.54, 1.807) is 120 Å². The van der Waals surface area contributed by atoms with Gasteiger partial charge in [0.2, 0.25) is 23.8 Å². The molecule has 0 bridgehead atoms. The average Bonchev–Trinajstić information content (AvgIpc) is 1.66. The van der Waals surface area contributed by atoms with Crippen molar-refractivity contribution in [3.05, 3.63) is 199 Å². The number of hydrogen-bond donors (Lipinski definition) is 6. The van der Waals surface area contributed by atoms with E-state index in [2.05, 4.69) is 104 Å². The Bertz CT molecular complexity index is 5830. The van der Waals surface area contributed by atoms with E-state index in [0.717, 1.165) is 84.1 Å². The summed E-state index contributed by atoms with van der Waals surface area (Å²) >= 11 is 4.85. The number of rotatable bonds is 30. The van der Waals surface area contributed by atoms with Crippen molar-refractivity contribution in [2.24, 2.45) is 7.05 Å². The molecule has 0 amide bonds. The molecule has 0 radical (unpaired) electrons. The van der Waals surface area contributed by atoms with Crippen LogP contribution in [0, 0.1) is 24.7 Å². The molecule has 1 fully saturated rings. The number of aryl methyl sites for hydroxylation is 1. The summed E-state index contributed by atoms with van der Waals surface area (Å²) in [6.45, 7) is 11.0. The van der Waals surface area contributed by atoms with E-state index in [1.165, 1.54) is 58.0 Å². The van der Waals surface area contributed by atoms with E-state index in [1.807, 2.05) is 87.6 Å². The highest BCUT2D eigenvalue weighted by Crippen LogP contribution is 2.38. The normalized spacial score (nSPS) is 13.3. The van der Waals surface area contributed by atoms with E-state index in [-0.39, 0.29) is 10.8 Å². The third kappa shape index (κ3) is 23.4. The zero-order valence-corrected chi connectivity index (χ0v) is 71.8. The average molecular weight is 1720 g/mol. The van der Waals surface area contributed by atoms with Gasteiger partial charge in [0.1, 0.15) is 22.7 Å². The largest absolute Gasteiger partial charge is 0.396 e. The molecule has 3 unspecified atom stereocenters. The second-order valence-corrected chi connectivity index (χ2v) is 40.8. The van der Waals surface area contributed by atoms with E-state index < -0.39 is 56.3 Å². The Balaban J connectivity index is 0.000000164. The van der Waals surface area contributed by atoms with Crippen molar-refractivity contribution in [3.8, 4) is 67.0 Å². The molecule has 116 heavy (non-hydrogen) atoms. The zero-order valence-electron chi connectivity index (χ0n) is 65.3. The van der Waals surface area contributed by atoms with Crippen LogP contribution in [0.3, 0.4) is 0 Å². The Kier molecular flexibility index (Phi) is 31.4. The first-order valence-corrected chi connectivity index (χ1v) is 46.5. The Hall–Kier alpha value is -10.1. The Morgan fingerprint density at radius 2 is 0.914 bits per heavy atom. The minimum atomic E-state index is -3.47. The summed E-state index contributed by atoms with van der Waals surface area (Å²) in [5, 5.41) is 34.5. The van der Waals surface area contributed by atoms with Crippen LogP contribution in [-0.4, -0.2) is 146 Å². The van der Waals surface area contributed by atoms with Crippen molar-refractivity contribution in [1.29, 1.82) is 0 Å². The summed E-state index contributed by atoms with van der Waals surface area (Å²) in [7, 11) is -8.91. The van der Waals surface area contributed by atoms with E-state index in [9.17, 15) is 38.8 Å². The van der Waals surface area contributed by atoms with Gasteiger partial charge in [-0.05, 0) is 184 Å². The minimum absolute atomic E-state index is 0.110. The number of aliphatic hydroxyl groups is 2. The molecule has 608 valence electrons. The van der Waals surface area contributed by atoms with Crippen LogP contribution in [-0.2, 0) is 53.2 Å². The second-order valence-electron chi connectivity index (χ2n) is 27.0. The number of nitrogens with one attached hydrogen (secondary N) is 4. The first-order valence-electron chi connectivity index (χ1n) is 37.3. The van der Waals surface area contributed by atoms with Crippen molar-refractivity contribution < 1.29 is 43.9 Å². The van der Waals surface area contributed by atoms with Gasteiger partial charge in [-0.2, -0.15) is 9.40 Å². The number of hydrogen-bond acceptors (Lipinski definition) is 27. The van der Waals surface area contributed by atoms with Crippen LogP contribution in [0.1, 0.15) is 121 Å². The predicted molar refractivity (Wildman–Crippen MR) is 465 cm³/mol. The summed E-state index contributed by atoms with van der Waals surface area (Å²) in [6.07, 6.45) is 24.8. The summed E-state index contributed by atoms with van der Waals surface area (Å²) in [4.78, 5) is 38.2. The molecule has 3 atom stereocenters. The number of sulfonamides is 2. The Labute approximate surface area is 695 Å². The minimum Gasteiger partial charge on any atom is -0.396 e.